The Balaban J connectivity index is 2.77. The van der Waals surface area contributed by atoms with Crippen LogP contribution in [0.25, 0.3) is 0 Å². The van der Waals surface area contributed by atoms with Gasteiger partial charge in [-0.3, -0.25) is 4.98 Å². The zero-order valence-electron chi connectivity index (χ0n) is 3.77. The van der Waals surface area contributed by atoms with Crippen LogP contribution in [0.1, 0.15) is 0 Å². The zero-order chi connectivity index (χ0) is 5.98. The van der Waals surface area contributed by atoms with Crippen LogP contribution in [-0.4, -0.2) is 12.4 Å². The summed E-state index contributed by atoms with van der Waals surface area (Å²) in [6.07, 6.45) is 1.70. The molecule has 8 heavy (non-hydrogen) atoms. The fourth-order valence-electron chi connectivity index (χ4n) is 0.317. The summed E-state index contributed by atoms with van der Waals surface area (Å²) in [6.45, 7) is 0. The molecule has 1 rings (SSSR count). The first-order valence-corrected chi connectivity index (χ1v) is 6.29. The summed E-state index contributed by atoms with van der Waals surface area (Å²) in [5.74, 6) is 0. The number of hydrogen-bond donors (Lipinski definition) is 0. The van der Waals surface area contributed by atoms with E-state index in [4.69, 9.17) is 22.2 Å². The number of halogens is 2. The number of aromatic nitrogens is 1. The Morgan fingerprint density at radius 3 is 2.62 bits per heavy atom. The van der Waals surface area contributed by atoms with Gasteiger partial charge in [-0.25, -0.2) is 0 Å². The average molecular weight is 183 g/mol. The minimum Gasteiger partial charge on any atom is -0.252 e. The maximum Gasteiger partial charge on any atom is 0.338 e. The smallest absolute Gasteiger partial charge is 0.252 e. The Hall–Kier alpha value is 0.427. The van der Waals surface area contributed by atoms with Gasteiger partial charge in [0, 0.05) is 11.6 Å². The van der Waals surface area contributed by atoms with Gasteiger partial charge >= 0.3 is 7.42 Å². The van der Waals surface area contributed by atoms with Crippen molar-refractivity contribution in [3.05, 3.63) is 11.6 Å². The Bertz CT molecular complexity index is 152. The molecule has 0 amide bonds. The van der Waals surface area contributed by atoms with Crippen LogP contribution >= 0.6 is 33.5 Å². The quantitative estimate of drug-likeness (QED) is 0.472. The van der Waals surface area contributed by atoms with E-state index in [0.29, 0.717) is 0 Å². The van der Waals surface area contributed by atoms with Crippen molar-refractivity contribution in [3.63, 3.8) is 0 Å². The van der Waals surface area contributed by atoms with Gasteiger partial charge < -0.3 is 0 Å². The number of rotatable bonds is 1. The monoisotopic (exact) mass is 182 g/mol. The third kappa shape index (κ3) is 1.45. The summed E-state index contributed by atoms with van der Waals surface area (Å²) in [7, 11) is -1.32. The molecule has 0 N–H and O–H groups in total. The van der Waals surface area contributed by atoms with Gasteiger partial charge in [-0.05, 0) is 0 Å². The molecule has 0 saturated carbocycles. The molecular formula is C3H2Cl2NSSi. The Labute approximate surface area is 62.3 Å². The van der Waals surface area contributed by atoms with E-state index in [1.165, 1.54) is 11.3 Å². The average Bonchev–Trinajstić information content (AvgIpc) is 2.12. The molecule has 0 aliphatic carbocycles. The lowest BCUT2D eigenvalue weighted by atomic mass is 11.0. The van der Waals surface area contributed by atoms with Crippen molar-refractivity contribution in [2.75, 3.05) is 0 Å². The molecule has 0 aliphatic heterocycles. The lowest BCUT2D eigenvalue weighted by Gasteiger charge is -1.84. The summed E-state index contributed by atoms with van der Waals surface area (Å²) < 4.78 is 0.860. The van der Waals surface area contributed by atoms with E-state index >= 15 is 0 Å². The van der Waals surface area contributed by atoms with Crippen molar-refractivity contribution in [2.24, 2.45) is 0 Å². The van der Waals surface area contributed by atoms with E-state index in [0.717, 1.165) is 4.63 Å². The molecule has 1 nitrogen and oxygen atoms in total. The minimum absolute atomic E-state index is 0.860. The van der Waals surface area contributed by atoms with Crippen LogP contribution in [0, 0.1) is 0 Å². The summed E-state index contributed by atoms with van der Waals surface area (Å²) in [6, 6.07) is 0. The Morgan fingerprint density at radius 1 is 1.62 bits per heavy atom. The zero-order valence-corrected chi connectivity index (χ0v) is 7.09. The van der Waals surface area contributed by atoms with Gasteiger partial charge in [-0.15, -0.1) is 33.5 Å². The van der Waals surface area contributed by atoms with Crippen molar-refractivity contribution in [1.29, 1.82) is 0 Å². The van der Waals surface area contributed by atoms with Crippen molar-refractivity contribution >= 4 is 45.5 Å². The molecule has 0 unspecified atom stereocenters. The molecule has 5 heteroatoms. The molecule has 0 fully saturated rings. The lowest BCUT2D eigenvalue weighted by Crippen LogP contribution is -2.15. The van der Waals surface area contributed by atoms with Crippen LogP contribution in [0.15, 0.2) is 11.6 Å². The van der Waals surface area contributed by atoms with Gasteiger partial charge in [-0.1, -0.05) is 0 Å². The lowest BCUT2D eigenvalue weighted by molar-refractivity contribution is 1.47. The first-order chi connectivity index (χ1) is 3.80. The van der Waals surface area contributed by atoms with Crippen LogP contribution in [0.4, 0.5) is 0 Å². The highest BCUT2D eigenvalue weighted by Crippen LogP contribution is 1.99. The van der Waals surface area contributed by atoms with Crippen LogP contribution < -0.4 is 4.63 Å². The van der Waals surface area contributed by atoms with Crippen LogP contribution in [0.5, 0.6) is 0 Å². The van der Waals surface area contributed by atoms with Gasteiger partial charge in [0.1, 0.15) is 4.63 Å². The third-order valence-electron chi connectivity index (χ3n) is 0.594. The molecular weight excluding hydrogens is 181 g/mol. The van der Waals surface area contributed by atoms with Crippen LogP contribution in [-0.2, 0) is 0 Å². The highest BCUT2D eigenvalue weighted by molar-refractivity contribution is 7.46. The number of nitrogens with zero attached hydrogens (tertiary/aromatic N) is 1. The van der Waals surface area contributed by atoms with E-state index in [1.54, 1.807) is 6.20 Å². The SMILES string of the molecule is Cl[Si](Cl)c1nccs1. The van der Waals surface area contributed by atoms with Crippen molar-refractivity contribution in [1.82, 2.24) is 4.98 Å². The Morgan fingerprint density at radius 2 is 2.38 bits per heavy atom. The molecule has 43 valence electrons. The second-order valence-corrected chi connectivity index (χ2v) is 6.20. The molecule has 0 spiro atoms. The first kappa shape index (κ1) is 6.55. The predicted molar refractivity (Wildman–Crippen MR) is 39.2 cm³/mol. The summed E-state index contributed by atoms with van der Waals surface area (Å²) >= 11 is 12.6. The molecule has 0 aliphatic rings. The summed E-state index contributed by atoms with van der Waals surface area (Å²) in [5.41, 5.74) is 0. The molecule has 1 aromatic heterocycles. The largest absolute Gasteiger partial charge is 0.338 e. The fraction of sp³-hybridized carbons (Fsp3) is 0. The summed E-state index contributed by atoms with van der Waals surface area (Å²) in [4.78, 5) is 3.92. The van der Waals surface area contributed by atoms with Crippen molar-refractivity contribution in [2.45, 2.75) is 0 Å². The van der Waals surface area contributed by atoms with Crippen molar-refractivity contribution < 1.29 is 0 Å². The maximum absolute atomic E-state index is 5.56. The molecule has 0 atom stereocenters. The molecule has 0 bridgehead atoms. The van der Waals surface area contributed by atoms with Gasteiger partial charge in [0.05, 0.1) is 0 Å². The van der Waals surface area contributed by atoms with Gasteiger partial charge in [0.2, 0.25) is 0 Å². The van der Waals surface area contributed by atoms with E-state index in [2.05, 4.69) is 4.98 Å². The standard InChI is InChI=1S/C3H2Cl2NSSi/c4-8(5)3-6-1-2-7-3/h1-2H. The highest BCUT2D eigenvalue weighted by atomic mass is 35.7. The van der Waals surface area contributed by atoms with E-state index in [9.17, 15) is 0 Å². The predicted octanol–water partition coefficient (Wildman–Crippen LogP) is 1.32. The molecule has 0 aromatic carbocycles. The fourth-order valence-corrected chi connectivity index (χ4v) is 2.52. The molecule has 1 heterocycles. The van der Waals surface area contributed by atoms with Crippen molar-refractivity contribution in [3.8, 4) is 0 Å². The second kappa shape index (κ2) is 2.82. The van der Waals surface area contributed by atoms with E-state index in [1.807, 2.05) is 5.38 Å². The van der Waals surface area contributed by atoms with Gasteiger partial charge in [0.15, 0.2) is 0 Å². The third-order valence-corrected chi connectivity index (χ3v) is 4.35. The number of thiazole rings is 1. The maximum atomic E-state index is 5.56. The highest BCUT2D eigenvalue weighted by Gasteiger charge is 2.08. The number of hydrogen-bond acceptors (Lipinski definition) is 2. The van der Waals surface area contributed by atoms with Gasteiger partial charge in [-0.2, -0.15) is 0 Å². The van der Waals surface area contributed by atoms with E-state index in [-0.39, 0.29) is 0 Å². The first-order valence-electron chi connectivity index (χ1n) is 1.88. The Kier molecular flexibility index (Phi) is 2.31. The molecule has 0 saturated heterocycles. The topological polar surface area (TPSA) is 12.9 Å². The van der Waals surface area contributed by atoms with E-state index < -0.39 is 7.42 Å². The molecule has 1 aromatic rings. The van der Waals surface area contributed by atoms with Crippen LogP contribution in [0.3, 0.4) is 0 Å². The van der Waals surface area contributed by atoms with Crippen LogP contribution in [0.2, 0.25) is 0 Å². The molecule has 1 radical (unpaired) electrons. The van der Waals surface area contributed by atoms with Gasteiger partial charge in [0.25, 0.3) is 0 Å². The normalized spacial score (nSPS) is 10.4. The second-order valence-electron chi connectivity index (χ2n) is 1.10. The summed E-state index contributed by atoms with van der Waals surface area (Å²) in [5, 5.41) is 1.87. The minimum atomic E-state index is -1.32.